The van der Waals surface area contributed by atoms with Crippen molar-refractivity contribution in [2.24, 2.45) is 11.8 Å². The zero-order valence-corrected chi connectivity index (χ0v) is 8.34. The van der Waals surface area contributed by atoms with Gasteiger partial charge in [0.2, 0.25) is 0 Å². The fraction of sp³-hybridized carbons (Fsp3) is 1.00. The van der Waals surface area contributed by atoms with Crippen molar-refractivity contribution in [1.82, 2.24) is 5.32 Å². The maximum Gasteiger partial charge on any atom is 0.0101 e. The zero-order valence-electron chi connectivity index (χ0n) is 8.34. The van der Waals surface area contributed by atoms with E-state index in [0.717, 1.165) is 23.9 Å². The van der Waals surface area contributed by atoms with E-state index in [1.165, 1.54) is 32.1 Å². The lowest BCUT2D eigenvalue weighted by Gasteiger charge is -2.12. The number of nitrogens with one attached hydrogen (secondary N) is 1. The van der Waals surface area contributed by atoms with Crippen LogP contribution < -0.4 is 5.32 Å². The molecule has 0 bridgehead atoms. The van der Waals surface area contributed by atoms with E-state index < -0.39 is 0 Å². The normalized spacial score (nSPS) is 36.5. The van der Waals surface area contributed by atoms with Gasteiger partial charge >= 0.3 is 0 Å². The number of rotatable bonds is 5. The second kappa shape index (κ2) is 3.37. The van der Waals surface area contributed by atoms with Crippen molar-refractivity contribution < 1.29 is 0 Å². The van der Waals surface area contributed by atoms with Crippen molar-refractivity contribution in [3.8, 4) is 0 Å². The SMILES string of the molecule is CCC1CC1NC(C)CC1CC1. The quantitative estimate of drug-likeness (QED) is 0.663. The molecule has 0 aromatic carbocycles. The second-order valence-electron chi connectivity index (χ2n) is 4.76. The monoisotopic (exact) mass is 167 g/mol. The van der Waals surface area contributed by atoms with Gasteiger partial charge in [-0.05, 0) is 31.6 Å². The maximum atomic E-state index is 3.73. The first-order valence-electron chi connectivity index (χ1n) is 5.55. The minimum Gasteiger partial charge on any atom is -0.311 e. The maximum absolute atomic E-state index is 3.73. The Kier molecular flexibility index (Phi) is 2.40. The molecule has 0 aromatic heterocycles. The summed E-state index contributed by atoms with van der Waals surface area (Å²) in [5.74, 6) is 2.08. The highest BCUT2D eigenvalue weighted by molar-refractivity contribution is 4.94. The fourth-order valence-corrected chi connectivity index (χ4v) is 2.19. The molecule has 2 saturated carbocycles. The highest BCUT2D eigenvalue weighted by Gasteiger charge is 2.36. The fourth-order valence-electron chi connectivity index (χ4n) is 2.19. The van der Waals surface area contributed by atoms with Crippen LogP contribution in [0, 0.1) is 11.8 Å². The standard InChI is InChI=1S/C11H21N/c1-3-10-7-11(10)12-8(2)6-9-4-5-9/h8-12H,3-7H2,1-2H3. The third kappa shape index (κ3) is 2.22. The summed E-state index contributed by atoms with van der Waals surface area (Å²) in [6.45, 7) is 4.65. The van der Waals surface area contributed by atoms with Gasteiger partial charge in [-0.25, -0.2) is 0 Å². The van der Waals surface area contributed by atoms with E-state index in [4.69, 9.17) is 0 Å². The average Bonchev–Trinajstić information content (AvgIpc) is 2.85. The van der Waals surface area contributed by atoms with Gasteiger partial charge in [0.15, 0.2) is 0 Å². The Morgan fingerprint density at radius 1 is 1.42 bits per heavy atom. The highest BCUT2D eigenvalue weighted by atomic mass is 15.0. The zero-order chi connectivity index (χ0) is 8.55. The van der Waals surface area contributed by atoms with Crippen molar-refractivity contribution in [2.75, 3.05) is 0 Å². The molecule has 0 aromatic rings. The molecule has 0 saturated heterocycles. The molecule has 0 heterocycles. The van der Waals surface area contributed by atoms with Crippen LogP contribution in [0.3, 0.4) is 0 Å². The Labute approximate surface area is 75.9 Å². The Balaban J connectivity index is 1.59. The lowest BCUT2D eigenvalue weighted by Crippen LogP contribution is -2.29. The average molecular weight is 167 g/mol. The van der Waals surface area contributed by atoms with Gasteiger partial charge in [-0.2, -0.15) is 0 Å². The molecule has 2 aliphatic rings. The van der Waals surface area contributed by atoms with Crippen LogP contribution >= 0.6 is 0 Å². The Hall–Kier alpha value is -0.0400. The summed E-state index contributed by atoms with van der Waals surface area (Å²) in [7, 11) is 0. The second-order valence-corrected chi connectivity index (χ2v) is 4.76. The molecule has 0 radical (unpaired) electrons. The van der Waals surface area contributed by atoms with Gasteiger partial charge in [0.1, 0.15) is 0 Å². The molecule has 12 heavy (non-hydrogen) atoms. The van der Waals surface area contributed by atoms with Gasteiger partial charge in [0.05, 0.1) is 0 Å². The van der Waals surface area contributed by atoms with Crippen molar-refractivity contribution in [3.63, 3.8) is 0 Å². The molecule has 70 valence electrons. The van der Waals surface area contributed by atoms with Crippen molar-refractivity contribution in [3.05, 3.63) is 0 Å². The molecule has 1 N–H and O–H groups in total. The smallest absolute Gasteiger partial charge is 0.0101 e. The first-order chi connectivity index (χ1) is 5.79. The van der Waals surface area contributed by atoms with E-state index >= 15 is 0 Å². The van der Waals surface area contributed by atoms with Crippen LogP contribution in [0.4, 0.5) is 0 Å². The first-order valence-corrected chi connectivity index (χ1v) is 5.55. The summed E-state index contributed by atoms with van der Waals surface area (Å²) in [5, 5.41) is 3.73. The molecule has 0 amide bonds. The molecule has 3 unspecified atom stereocenters. The van der Waals surface area contributed by atoms with Crippen LogP contribution in [0.5, 0.6) is 0 Å². The van der Waals surface area contributed by atoms with Crippen LogP contribution in [0.15, 0.2) is 0 Å². The van der Waals surface area contributed by atoms with Gasteiger partial charge in [0, 0.05) is 12.1 Å². The van der Waals surface area contributed by atoms with E-state index in [9.17, 15) is 0 Å². The molecule has 2 aliphatic carbocycles. The summed E-state index contributed by atoms with van der Waals surface area (Å²) in [4.78, 5) is 0. The van der Waals surface area contributed by atoms with Crippen molar-refractivity contribution in [1.29, 1.82) is 0 Å². The van der Waals surface area contributed by atoms with E-state index in [1.807, 2.05) is 0 Å². The molecule has 1 heteroatoms. The van der Waals surface area contributed by atoms with Crippen molar-refractivity contribution in [2.45, 2.75) is 58.0 Å². The highest BCUT2D eigenvalue weighted by Crippen LogP contribution is 2.36. The van der Waals surface area contributed by atoms with Crippen LogP contribution in [-0.4, -0.2) is 12.1 Å². The summed E-state index contributed by atoms with van der Waals surface area (Å²) in [6.07, 6.45) is 7.22. The van der Waals surface area contributed by atoms with Crippen LogP contribution in [-0.2, 0) is 0 Å². The van der Waals surface area contributed by atoms with Gasteiger partial charge < -0.3 is 5.32 Å². The Morgan fingerprint density at radius 3 is 2.67 bits per heavy atom. The lowest BCUT2D eigenvalue weighted by molar-refractivity contribution is 0.470. The Morgan fingerprint density at radius 2 is 2.17 bits per heavy atom. The predicted molar refractivity (Wildman–Crippen MR) is 52.1 cm³/mol. The summed E-state index contributed by atoms with van der Waals surface area (Å²) < 4.78 is 0. The van der Waals surface area contributed by atoms with E-state index in [0.29, 0.717) is 0 Å². The van der Waals surface area contributed by atoms with Crippen molar-refractivity contribution >= 4 is 0 Å². The van der Waals surface area contributed by atoms with Gasteiger partial charge in [-0.3, -0.25) is 0 Å². The summed E-state index contributed by atoms with van der Waals surface area (Å²) in [5.41, 5.74) is 0. The summed E-state index contributed by atoms with van der Waals surface area (Å²) >= 11 is 0. The van der Waals surface area contributed by atoms with E-state index in [-0.39, 0.29) is 0 Å². The minimum absolute atomic E-state index is 0.777. The minimum atomic E-state index is 0.777. The molecule has 1 nitrogen and oxygen atoms in total. The van der Waals surface area contributed by atoms with Crippen LogP contribution in [0.1, 0.15) is 46.0 Å². The van der Waals surface area contributed by atoms with Gasteiger partial charge in [-0.1, -0.05) is 26.2 Å². The predicted octanol–water partition coefficient (Wildman–Crippen LogP) is 2.56. The molecule has 0 spiro atoms. The van der Waals surface area contributed by atoms with Gasteiger partial charge in [0.25, 0.3) is 0 Å². The van der Waals surface area contributed by atoms with Gasteiger partial charge in [-0.15, -0.1) is 0 Å². The molecular formula is C11H21N. The molecule has 2 fully saturated rings. The topological polar surface area (TPSA) is 12.0 Å². The van der Waals surface area contributed by atoms with E-state index in [1.54, 1.807) is 0 Å². The third-order valence-electron chi connectivity index (χ3n) is 3.33. The largest absolute Gasteiger partial charge is 0.311 e. The summed E-state index contributed by atoms with van der Waals surface area (Å²) in [6, 6.07) is 1.66. The third-order valence-corrected chi connectivity index (χ3v) is 3.33. The van der Waals surface area contributed by atoms with Crippen LogP contribution in [0.2, 0.25) is 0 Å². The van der Waals surface area contributed by atoms with Crippen LogP contribution in [0.25, 0.3) is 0 Å². The molecule has 2 rings (SSSR count). The molecular weight excluding hydrogens is 146 g/mol. The number of hydrogen-bond donors (Lipinski definition) is 1. The lowest BCUT2D eigenvalue weighted by atomic mass is 10.1. The van der Waals surface area contributed by atoms with E-state index in [2.05, 4.69) is 19.2 Å². The molecule has 3 atom stereocenters. The number of hydrogen-bond acceptors (Lipinski definition) is 1. The Bertz CT molecular complexity index is 151. The molecule has 0 aliphatic heterocycles. The first kappa shape index (κ1) is 8.55.